The van der Waals surface area contributed by atoms with E-state index in [1.165, 1.54) is 23.4 Å². The Bertz CT molecular complexity index is 639. The van der Waals surface area contributed by atoms with Gasteiger partial charge in [-0.3, -0.25) is 0 Å². The van der Waals surface area contributed by atoms with E-state index in [0.717, 1.165) is 31.5 Å². The summed E-state index contributed by atoms with van der Waals surface area (Å²) >= 11 is 0. The lowest BCUT2D eigenvalue weighted by atomic mass is 10.0. The number of benzene rings is 2. The van der Waals surface area contributed by atoms with E-state index in [0.29, 0.717) is 5.56 Å². The lowest BCUT2D eigenvalue weighted by Gasteiger charge is -2.28. The summed E-state index contributed by atoms with van der Waals surface area (Å²) in [6, 6.07) is 13.0. The molecule has 21 heavy (non-hydrogen) atoms. The first kappa shape index (κ1) is 14.1. The molecule has 0 saturated heterocycles. The number of aryl methyl sites for hydroxylation is 1. The molecule has 2 aromatic carbocycles. The average Bonchev–Trinajstić information content (AvgIpc) is 2.69. The number of aliphatic hydroxyl groups excluding tert-OH is 1. The van der Waals surface area contributed by atoms with Crippen molar-refractivity contribution in [3.05, 3.63) is 59.4 Å². The highest BCUT2D eigenvalue weighted by Crippen LogP contribution is 2.36. The average molecular weight is 285 g/mol. The van der Waals surface area contributed by atoms with Gasteiger partial charge in [-0.05, 0) is 56.0 Å². The van der Waals surface area contributed by atoms with Gasteiger partial charge in [0.15, 0.2) is 0 Å². The number of hydrogen-bond acceptors (Lipinski definition) is 2. The lowest BCUT2D eigenvalue weighted by Crippen LogP contribution is -2.20. The van der Waals surface area contributed by atoms with E-state index in [2.05, 4.69) is 23.1 Å². The first-order valence-electron chi connectivity index (χ1n) is 7.50. The Morgan fingerprint density at radius 2 is 1.90 bits per heavy atom. The monoisotopic (exact) mass is 285 g/mol. The van der Waals surface area contributed by atoms with Crippen LogP contribution in [0.5, 0.6) is 0 Å². The van der Waals surface area contributed by atoms with E-state index in [1.807, 2.05) is 6.07 Å². The molecule has 0 saturated carbocycles. The van der Waals surface area contributed by atoms with Crippen LogP contribution < -0.4 is 4.90 Å². The van der Waals surface area contributed by atoms with E-state index in [-0.39, 0.29) is 5.82 Å². The minimum atomic E-state index is -0.689. The third kappa shape index (κ3) is 2.79. The molecule has 1 N–H and O–H groups in total. The SMILES string of the molecule is C[C@H](O)c1cc(F)ccc1N1CCCCc2ccccc21. The van der Waals surface area contributed by atoms with Gasteiger partial charge in [0.1, 0.15) is 5.82 Å². The first-order valence-corrected chi connectivity index (χ1v) is 7.50. The van der Waals surface area contributed by atoms with Gasteiger partial charge in [-0.25, -0.2) is 4.39 Å². The van der Waals surface area contributed by atoms with Crippen LogP contribution in [0.15, 0.2) is 42.5 Å². The van der Waals surface area contributed by atoms with Crippen molar-refractivity contribution in [1.82, 2.24) is 0 Å². The quantitative estimate of drug-likeness (QED) is 0.886. The molecule has 0 bridgehead atoms. The molecule has 1 heterocycles. The molecule has 2 nitrogen and oxygen atoms in total. The maximum absolute atomic E-state index is 13.5. The molecule has 0 aliphatic carbocycles. The van der Waals surface area contributed by atoms with Crippen LogP contribution in [0.2, 0.25) is 0 Å². The number of anilines is 2. The molecule has 0 unspecified atom stereocenters. The zero-order chi connectivity index (χ0) is 14.8. The molecule has 0 amide bonds. The van der Waals surface area contributed by atoms with Crippen molar-refractivity contribution in [3.63, 3.8) is 0 Å². The minimum Gasteiger partial charge on any atom is -0.389 e. The molecular formula is C18H20FNO. The molecular weight excluding hydrogens is 265 g/mol. The van der Waals surface area contributed by atoms with Gasteiger partial charge in [0.2, 0.25) is 0 Å². The molecule has 1 aliphatic rings. The van der Waals surface area contributed by atoms with Gasteiger partial charge in [-0.15, -0.1) is 0 Å². The van der Waals surface area contributed by atoms with Crippen LogP contribution in [0.4, 0.5) is 15.8 Å². The second kappa shape index (κ2) is 5.86. The molecule has 3 rings (SSSR count). The third-order valence-corrected chi connectivity index (χ3v) is 4.09. The summed E-state index contributed by atoms with van der Waals surface area (Å²) in [6.07, 6.45) is 2.62. The zero-order valence-corrected chi connectivity index (χ0v) is 12.2. The van der Waals surface area contributed by atoms with Crippen molar-refractivity contribution < 1.29 is 9.50 Å². The Kier molecular flexibility index (Phi) is 3.93. The summed E-state index contributed by atoms with van der Waals surface area (Å²) in [5, 5.41) is 9.98. The standard InChI is InChI=1S/C18H20FNO/c1-13(21)16-12-15(19)9-10-18(16)20-11-5-4-7-14-6-2-3-8-17(14)20/h2-3,6,8-10,12-13,21H,4-5,7,11H2,1H3/t13-/m0/s1. The number of hydrogen-bond donors (Lipinski definition) is 1. The minimum absolute atomic E-state index is 0.308. The summed E-state index contributed by atoms with van der Waals surface area (Å²) < 4.78 is 13.5. The highest BCUT2D eigenvalue weighted by molar-refractivity contribution is 5.70. The number of fused-ring (bicyclic) bond motifs is 1. The van der Waals surface area contributed by atoms with E-state index in [1.54, 1.807) is 13.0 Å². The predicted octanol–water partition coefficient (Wildman–Crippen LogP) is 4.35. The van der Waals surface area contributed by atoms with Crippen LogP contribution in [0.1, 0.15) is 37.0 Å². The largest absolute Gasteiger partial charge is 0.389 e. The van der Waals surface area contributed by atoms with Gasteiger partial charge in [0.25, 0.3) is 0 Å². The van der Waals surface area contributed by atoms with Gasteiger partial charge >= 0.3 is 0 Å². The van der Waals surface area contributed by atoms with Crippen LogP contribution in [-0.2, 0) is 6.42 Å². The smallest absolute Gasteiger partial charge is 0.123 e. The normalized spacial score (nSPS) is 16.2. The van der Waals surface area contributed by atoms with E-state index in [9.17, 15) is 9.50 Å². The van der Waals surface area contributed by atoms with E-state index < -0.39 is 6.10 Å². The number of nitrogens with zero attached hydrogens (tertiary/aromatic N) is 1. The molecule has 0 spiro atoms. The molecule has 110 valence electrons. The predicted molar refractivity (Wildman–Crippen MR) is 83.4 cm³/mol. The Morgan fingerprint density at radius 3 is 2.71 bits per heavy atom. The lowest BCUT2D eigenvalue weighted by molar-refractivity contribution is 0.199. The van der Waals surface area contributed by atoms with Crippen molar-refractivity contribution in [2.45, 2.75) is 32.3 Å². The fraction of sp³-hybridized carbons (Fsp3) is 0.333. The number of para-hydroxylation sites is 1. The Labute approximate surface area is 124 Å². The summed E-state index contributed by atoms with van der Waals surface area (Å²) in [5.41, 5.74) is 4.03. The first-order chi connectivity index (χ1) is 10.2. The molecule has 3 heteroatoms. The fourth-order valence-corrected chi connectivity index (χ4v) is 3.05. The van der Waals surface area contributed by atoms with Gasteiger partial charge in [-0.1, -0.05) is 18.2 Å². The van der Waals surface area contributed by atoms with Crippen molar-refractivity contribution in [1.29, 1.82) is 0 Å². The highest BCUT2D eigenvalue weighted by atomic mass is 19.1. The third-order valence-electron chi connectivity index (χ3n) is 4.09. The van der Waals surface area contributed by atoms with Crippen LogP contribution in [0.25, 0.3) is 0 Å². The Hall–Kier alpha value is -1.87. The van der Waals surface area contributed by atoms with Gasteiger partial charge in [0.05, 0.1) is 6.10 Å². The zero-order valence-electron chi connectivity index (χ0n) is 12.2. The highest BCUT2D eigenvalue weighted by Gasteiger charge is 2.20. The second-order valence-corrected chi connectivity index (χ2v) is 5.62. The fourth-order valence-electron chi connectivity index (χ4n) is 3.05. The van der Waals surface area contributed by atoms with Gasteiger partial charge in [0, 0.05) is 23.5 Å². The maximum Gasteiger partial charge on any atom is 0.123 e. The molecule has 0 aromatic heterocycles. The summed E-state index contributed by atoms with van der Waals surface area (Å²) in [4.78, 5) is 2.21. The van der Waals surface area contributed by atoms with Crippen molar-refractivity contribution in [2.75, 3.05) is 11.4 Å². The topological polar surface area (TPSA) is 23.5 Å². The number of rotatable bonds is 2. The molecule has 2 aromatic rings. The Morgan fingerprint density at radius 1 is 1.10 bits per heavy atom. The summed E-state index contributed by atoms with van der Waals surface area (Å²) in [6.45, 7) is 2.57. The van der Waals surface area contributed by atoms with Crippen LogP contribution in [-0.4, -0.2) is 11.7 Å². The molecule has 0 radical (unpaired) electrons. The van der Waals surface area contributed by atoms with Crippen LogP contribution in [0.3, 0.4) is 0 Å². The van der Waals surface area contributed by atoms with E-state index in [4.69, 9.17) is 0 Å². The molecule has 1 aliphatic heterocycles. The summed E-state index contributed by atoms with van der Waals surface area (Å²) in [7, 11) is 0. The van der Waals surface area contributed by atoms with Crippen molar-refractivity contribution in [3.8, 4) is 0 Å². The molecule has 1 atom stereocenters. The Balaban J connectivity index is 2.12. The van der Waals surface area contributed by atoms with Gasteiger partial charge < -0.3 is 10.0 Å². The van der Waals surface area contributed by atoms with Gasteiger partial charge in [-0.2, -0.15) is 0 Å². The van der Waals surface area contributed by atoms with Crippen molar-refractivity contribution >= 4 is 11.4 Å². The molecule has 0 fully saturated rings. The summed E-state index contributed by atoms with van der Waals surface area (Å²) in [5.74, 6) is -0.308. The number of halogens is 1. The van der Waals surface area contributed by atoms with Crippen LogP contribution >= 0.6 is 0 Å². The van der Waals surface area contributed by atoms with Crippen molar-refractivity contribution in [2.24, 2.45) is 0 Å². The second-order valence-electron chi connectivity index (χ2n) is 5.62. The maximum atomic E-state index is 13.5. The van der Waals surface area contributed by atoms with E-state index >= 15 is 0 Å². The number of aliphatic hydroxyl groups is 1. The van der Waals surface area contributed by atoms with Crippen LogP contribution in [0, 0.1) is 5.82 Å².